The first-order valence-corrected chi connectivity index (χ1v) is 15.4. The summed E-state index contributed by atoms with van der Waals surface area (Å²) in [5, 5.41) is 2.60. The molecule has 10 heteroatoms. The number of anilines is 4. The molecule has 1 aliphatic carbocycles. The first-order valence-electron chi connectivity index (χ1n) is 15.4. The Balaban J connectivity index is 0.00000113. The van der Waals surface area contributed by atoms with E-state index in [1.807, 2.05) is 30.5 Å². The summed E-state index contributed by atoms with van der Waals surface area (Å²) in [5.74, 6) is 0.420. The summed E-state index contributed by atoms with van der Waals surface area (Å²) in [6, 6.07) is 10.2. The van der Waals surface area contributed by atoms with Gasteiger partial charge in [-0.3, -0.25) is 14.5 Å². The monoisotopic (exact) mass is 575 g/mol. The number of carbonyl (C=O) groups is 3. The van der Waals surface area contributed by atoms with E-state index >= 15 is 0 Å². The molecular weight excluding hydrogens is 530 g/mol. The van der Waals surface area contributed by atoms with Crippen LogP contribution in [0.15, 0.2) is 36.5 Å². The molecule has 1 spiro atoms. The third kappa shape index (κ3) is 5.44. The van der Waals surface area contributed by atoms with Gasteiger partial charge in [0.15, 0.2) is 0 Å². The number of amides is 2. The normalized spacial score (nSPS) is 21.8. The molecule has 2 atom stereocenters. The highest BCUT2D eigenvalue weighted by molar-refractivity contribution is 6.13. The number of carbonyl (C=O) groups excluding carboxylic acids is 3. The number of piperazine rings is 1. The van der Waals surface area contributed by atoms with Crippen molar-refractivity contribution in [2.75, 3.05) is 60.2 Å². The Bertz CT molecular complexity index is 1290. The fourth-order valence-corrected chi connectivity index (χ4v) is 6.70. The maximum Gasteiger partial charge on any atom is 0.238 e. The topological polar surface area (TPSA) is 115 Å². The zero-order valence-corrected chi connectivity index (χ0v) is 25.4. The van der Waals surface area contributed by atoms with Crippen molar-refractivity contribution in [1.29, 1.82) is 0 Å². The number of hydrogen-bond acceptors (Lipinski definition) is 8. The first kappa shape index (κ1) is 29.8. The Labute approximate surface area is 249 Å². The number of nitrogens with zero attached hydrogens (tertiary/aromatic N) is 5. The van der Waals surface area contributed by atoms with Crippen molar-refractivity contribution in [3.63, 3.8) is 0 Å². The maximum atomic E-state index is 13.7. The van der Waals surface area contributed by atoms with Crippen molar-refractivity contribution in [2.45, 2.75) is 76.4 Å². The largest absolute Gasteiger partial charge is 0.384 e. The van der Waals surface area contributed by atoms with Gasteiger partial charge in [-0.15, -0.1) is 0 Å². The molecule has 3 N–H and O–H groups in total. The summed E-state index contributed by atoms with van der Waals surface area (Å²) in [6.07, 6.45) is 6.05. The maximum absolute atomic E-state index is 13.7. The van der Waals surface area contributed by atoms with Gasteiger partial charge in [-0.25, -0.2) is 4.98 Å². The van der Waals surface area contributed by atoms with Crippen molar-refractivity contribution >= 4 is 41.0 Å². The summed E-state index contributed by atoms with van der Waals surface area (Å²) >= 11 is 0. The molecular formula is C32H45N7O3. The fourth-order valence-electron chi connectivity index (χ4n) is 6.70. The quantitative estimate of drug-likeness (QED) is 0.462. The molecule has 226 valence electrons. The second kappa shape index (κ2) is 12.3. The van der Waals surface area contributed by atoms with Crippen LogP contribution in [0.2, 0.25) is 0 Å². The van der Waals surface area contributed by atoms with E-state index in [1.165, 1.54) is 6.42 Å². The molecule has 0 bridgehead atoms. The van der Waals surface area contributed by atoms with E-state index < -0.39 is 11.5 Å². The molecule has 1 saturated carbocycles. The number of nitrogens with two attached hydrogens (primary N) is 1. The van der Waals surface area contributed by atoms with Crippen molar-refractivity contribution in [3.8, 4) is 0 Å². The van der Waals surface area contributed by atoms with Gasteiger partial charge in [0.05, 0.1) is 29.0 Å². The third-order valence-corrected chi connectivity index (χ3v) is 9.06. The summed E-state index contributed by atoms with van der Waals surface area (Å²) < 4.78 is 0. The average molecular weight is 576 g/mol. The van der Waals surface area contributed by atoms with E-state index in [9.17, 15) is 14.4 Å². The van der Waals surface area contributed by atoms with E-state index in [1.54, 1.807) is 11.9 Å². The number of nitrogen functional groups attached to an aromatic ring is 1. The molecule has 3 fully saturated rings. The van der Waals surface area contributed by atoms with Gasteiger partial charge in [-0.2, -0.15) is 0 Å². The molecule has 2 saturated heterocycles. The van der Waals surface area contributed by atoms with E-state index in [0.717, 1.165) is 74.5 Å². The van der Waals surface area contributed by atoms with Crippen LogP contribution in [0.3, 0.4) is 0 Å². The van der Waals surface area contributed by atoms with Gasteiger partial charge in [0.2, 0.25) is 11.8 Å². The van der Waals surface area contributed by atoms with E-state index in [2.05, 4.69) is 51.8 Å². The van der Waals surface area contributed by atoms with Gasteiger partial charge in [0, 0.05) is 69.5 Å². The standard InChI is InChI=1S/C29H37N7O3.C3H8/c1-19-15-33(12-13-35(19)22-16-34(17-22)20-6-8-25(30)32-14-20)23-4-3-5-24-27(23)29(10-11-29)28(39)36(24)21(18-37)7-9-26(38)31-2;1-3-2/h3-6,8,14,18-19,21-22H,7,9-13,15-17H2,1-2H3,(H2,30,32)(H,31,38);3H2,1-2H3. The molecule has 2 unspecified atom stereocenters. The van der Waals surface area contributed by atoms with E-state index in [-0.39, 0.29) is 18.2 Å². The Morgan fingerprint density at radius 2 is 1.83 bits per heavy atom. The van der Waals surface area contributed by atoms with Crippen LogP contribution in [0.25, 0.3) is 0 Å². The molecule has 42 heavy (non-hydrogen) atoms. The molecule has 10 nitrogen and oxygen atoms in total. The minimum absolute atomic E-state index is 0.0114. The zero-order valence-electron chi connectivity index (χ0n) is 25.4. The molecule has 0 radical (unpaired) electrons. The van der Waals surface area contributed by atoms with Crippen LogP contribution in [-0.2, 0) is 19.8 Å². The van der Waals surface area contributed by atoms with Crippen molar-refractivity contribution in [3.05, 3.63) is 42.1 Å². The van der Waals surface area contributed by atoms with Crippen molar-refractivity contribution in [1.82, 2.24) is 15.2 Å². The molecule has 1 aromatic heterocycles. The Hall–Kier alpha value is -3.66. The van der Waals surface area contributed by atoms with Crippen LogP contribution < -0.4 is 25.8 Å². The number of rotatable bonds is 8. The molecule has 4 aliphatic rings. The van der Waals surface area contributed by atoms with Gasteiger partial charge in [0.1, 0.15) is 12.1 Å². The number of benzene rings is 1. The SMILES string of the molecule is CCC.CNC(=O)CCC(C=O)N1C(=O)C2(CC2)c2c(N3CCN(C4CN(c5ccc(N)nc5)C4)C(C)C3)cccc21. The number of hydrogen-bond donors (Lipinski definition) is 2. The number of fused-ring (bicyclic) bond motifs is 2. The molecule has 2 aromatic rings. The van der Waals surface area contributed by atoms with Crippen LogP contribution in [0.5, 0.6) is 0 Å². The lowest BCUT2D eigenvalue weighted by Crippen LogP contribution is -2.66. The lowest BCUT2D eigenvalue weighted by atomic mass is 9.94. The average Bonchev–Trinajstić information content (AvgIpc) is 3.73. The number of aromatic nitrogens is 1. The van der Waals surface area contributed by atoms with Crippen LogP contribution in [0.1, 0.15) is 58.4 Å². The summed E-state index contributed by atoms with van der Waals surface area (Å²) in [5.41, 5.74) is 9.35. The predicted molar refractivity (Wildman–Crippen MR) is 167 cm³/mol. The highest BCUT2D eigenvalue weighted by Crippen LogP contribution is 2.60. The Kier molecular flexibility index (Phi) is 8.73. The van der Waals surface area contributed by atoms with E-state index in [4.69, 9.17) is 5.73 Å². The third-order valence-electron chi connectivity index (χ3n) is 9.06. The molecule has 2 amide bonds. The molecule has 6 rings (SSSR count). The van der Waals surface area contributed by atoms with Gasteiger partial charge in [0.25, 0.3) is 0 Å². The van der Waals surface area contributed by atoms with Crippen molar-refractivity contribution in [2.24, 2.45) is 0 Å². The van der Waals surface area contributed by atoms with Crippen LogP contribution in [-0.4, -0.2) is 85.9 Å². The zero-order chi connectivity index (χ0) is 30.0. The predicted octanol–water partition coefficient (Wildman–Crippen LogP) is 2.95. The fraction of sp³-hybridized carbons (Fsp3) is 0.562. The summed E-state index contributed by atoms with van der Waals surface area (Å²) in [4.78, 5) is 51.0. The minimum atomic E-state index is -0.641. The number of aldehydes is 1. The van der Waals surface area contributed by atoms with Crippen molar-refractivity contribution < 1.29 is 14.4 Å². The molecule has 3 aliphatic heterocycles. The van der Waals surface area contributed by atoms with Gasteiger partial charge < -0.3 is 30.5 Å². The van der Waals surface area contributed by atoms with Crippen LogP contribution >= 0.6 is 0 Å². The van der Waals surface area contributed by atoms with Gasteiger partial charge >= 0.3 is 0 Å². The lowest BCUT2D eigenvalue weighted by molar-refractivity contribution is -0.123. The van der Waals surface area contributed by atoms with Crippen LogP contribution in [0.4, 0.5) is 22.9 Å². The first-order chi connectivity index (χ1) is 20.3. The second-order valence-corrected chi connectivity index (χ2v) is 12.1. The minimum Gasteiger partial charge on any atom is -0.384 e. The number of nitrogens with one attached hydrogen (secondary N) is 1. The van der Waals surface area contributed by atoms with Gasteiger partial charge in [-0.05, 0) is 50.5 Å². The van der Waals surface area contributed by atoms with E-state index in [0.29, 0.717) is 24.3 Å². The highest BCUT2D eigenvalue weighted by Gasteiger charge is 2.61. The lowest BCUT2D eigenvalue weighted by Gasteiger charge is -2.52. The highest BCUT2D eigenvalue weighted by atomic mass is 16.2. The smallest absolute Gasteiger partial charge is 0.238 e. The second-order valence-electron chi connectivity index (χ2n) is 12.1. The van der Waals surface area contributed by atoms with Crippen LogP contribution in [0, 0.1) is 0 Å². The Morgan fingerprint density at radius 1 is 1.12 bits per heavy atom. The number of pyridine rings is 1. The van der Waals surface area contributed by atoms with Gasteiger partial charge in [-0.1, -0.05) is 26.3 Å². The molecule has 1 aromatic carbocycles. The Morgan fingerprint density at radius 3 is 2.43 bits per heavy atom. The summed E-state index contributed by atoms with van der Waals surface area (Å²) in [7, 11) is 1.58. The summed E-state index contributed by atoms with van der Waals surface area (Å²) in [6.45, 7) is 11.2. The molecule has 4 heterocycles.